The van der Waals surface area contributed by atoms with Gasteiger partial charge in [0.1, 0.15) is 11.3 Å². The number of hydrogen-bond acceptors (Lipinski definition) is 7. The number of thiazole rings is 1. The van der Waals surface area contributed by atoms with Crippen LogP contribution in [-0.4, -0.2) is 45.8 Å². The van der Waals surface area contributed by atoms with Crippen LogP contribution in [0.3, 0.4) is 0 Å². The number of pyridine rings is 1. The molecule has 1 amide bonds. The van der Waals surface area contributed by atoms with E-state index in [1.807, 2.05) is 6.92 Å². The first-order chi connectivity index (χ1) is 14.7. The normalized spacial score (nSPS) is 11.5. The lowest BCUT2D eigenvalue weighted by Crippen LogP contribution is -2.20. The number of alkyl halides is 3. The Labute approximate surface area is 179 Å². The summed E-state index contributed by atoms with van der Waals surface area (Å²) in [5.74, 6) is -1.64. The number of esters is 1. The second-order valence-corrected chi connectivity index (χ2v) is 7.11. The SMILES string of the molecule is CCOC(=O)c1c(OCC(F)(F)F)c2cc(NC(=O)c3cscn3)c(CC)nc2n1C. The monoisotopic (exact) mass is 456 g/mol. The lowest BCUT2D eigenvalue weighted by atomic mass is 10.2. The van der Waals surface area contributed by atoms with Crippen LogP contribution in [0.4, 0.5) is 18.9 Å². The molecule has 0 unspecified atom stereocenters. The summed E-state index contributed by atoms with van der Waals surface area (Å²) in [7, 11) is 1.48. The summed E-state index contributed by atoms with van der Waals surface area (Å²) in [6.07, 6.45) is -4.20. The van der Waals surface area contributed by atoms with Gasteiger partial charge in [0, 0.05) is 12.4 Å². The summed E-state index contributed by atoms with van der Waals surface area (Å²) in [5, 5.41) is 4.38. The number of hydrogen-bond donors (Lipinski definition) is 1. The van der Waals surface area contributed by atoms with Gasteiger partial charge in [-0.3, -0.25) is 4.79 Å². The Bertz CT molecular complexity index is 1110. The fourth-order valence-corrected chi connectivity index (χ4v) is 3.50. The van der Waals surface area contributed by atoms with Crippen molar-refractivity contribution in [3.05, 3.63) is 34.0 Å². The number of anilines is 1. The molecule has 0 aliphatic rings. The van der Waals surface area contributed by atoms with E-state index < -0.39 is 24.7 Å². The number of carbonyl (C=O) groups excluding carboxylic acids is 2. The molecule has 3 aromatic rings. The predicted octanol–water partition coefficient (Wildman–Crippen LogP) is 3.96. The molecule has 0 aliphatic carbocycles. The van der Waals surface area contributed by atoms with Crippen molar-refractivity contribution in [2.24, 2.45) is 7.05 Å². The Hall–Kier alpha value is -3.15. The lowest BCUT2D eigenvalue weighted by Gasteiger charge is -2.11. The van der Waals surface area contributed by atoms with Gasteiger partial charge in [-0.05, 0) is 19.4 Å². The van der Waals surface area contributed by atoms with Gasteiger partial charge < -0.3 is 19.4 Å². The van der Waals surface area contributed by atoms with Gasteiger partial charge in [0.05, 0.1) is 28.9 Å². The molecule has 1 N–H and O–H groups in total. The first-order valence-corrected chi connectivity index (χ1v) is 10.2. The van der Waals surface area contributed by atoms with Gasteiger partial charge in [-0.15, -0.1) is 11.3 Å². The zero-order chi connectivity index (χ0) is 22.8. The third-order valence-corrected chi connectivity index (χ3v) is 4.88. The maximum Gasteiger partial charge on any atom is 0.422 e. The van der Waals surface area contributed by atoms with E-state index >= 15 is 0 Å². The molecule has 3 heterocycles. The van der Waals surface area contributed by atoms with E-state index in [2.05, 4.69) is 15.3 Å². The molecule has 3 rings (SSSR count). The zero-order valence-electron chi connectivity index (χ0n) is 16.9. The predicted molar refractivity (Wildman–Crippen MR) is 108 cm³/mol. The molecule has 166 valence electrons. The van der Waals surface area contributed by atoms with Gasteiger partial charge in [-0.1, -0.05) is 6.92 Å². The highest BCUT2D eigenvalue weighted by Gasteiger charge is 2.32. The number of aromatic nitrogens is 3. The molecule has 3 aromatic heterocycles. The third kappa shape index (κ3) is 4.79. The number of ether oxygens (including phenoxy) is 2. The molecule has 0 aliphatic heterocycles. The Balaban J connectivity index is 2.14. The van der Waals surface area contributed by atoms with E-state index in [1.54, 1.807) is 12.3 Å². The summed E-state index contributed by atoms with van der Waals surface area (Å²) in [6, 6.07) is 1.44. The third-order valence-electron chi connectivity index (χ3n) is 4.29. The number of rotatable bonds is 7. The van der Waals surface area contributed by atoms with Crippen molar-refractivity contribution in [3.63, 3.8) is 0 Å². The smallest absolute Gasteiger partial charge is 0.422 e. The quantitative estimate of drug-likeness (QED) is 0.541. The molecule has 12 heteroatoms. The number of halogens is 3. The molecule has 0 spiro atoms. The van der Waals surface area contributed by atoms with Crippen molar-refractivity contribution in [3.8, 4) is 5.75 Å². The number of amides is 1. The Morgan fingerprint density at radius 1 is 1.29 bits per heavy atom. The number of aryl methyl sites for hydroxylation is 2. The number of nitrogens with one attached hydrogen (secondary N) is 1. The van der Waals surface area contributed by atoms with Crippen LogP contribution >= 0.6 is 11.3 Å². The highest BCUT2D eigenvalue weighted by molar-refractivity contribution is 7.07. The molecule has 31 heavy (non-hydrogen) atoms. The van der Waals surface area contributed by atoms with Crippen LogP contribution < -0.4 is 10.1 Å². The molecular weight excluding hydrogens is 437 g/mol. The van der Waals surface area contributed by atoms with Gasteiger partial charge in [-0.2, -0.15) is 13.2 Å². The standard InChI is InChI=1S/C19H19F3N4O4S/c1-4-11-12(25-17(27)13-7-31-9-23-13)6-10-15(30-8-19(20,21)22)14(18(28)29-5-2)26(3)16(10)24-11/h6-7,9H,4-5,8H2,1-3H3,(H,25,27). The second-order valence-electron chi connectivity index (χ2n) is 6.40. The Morgan fingerprint density at radius 2 is 2.03 bits per heavy atom. The molecule has 0 saturated heterocycles. The number of carbonyl (C=O) groups is 2. The fraction of sp³-hybridized carbons (Fsp3) is 0.368. The van der Waals surface area contributed by atoms with Crippen molar-refractivity contribution >= 4 is 39.9 Å². The fourth-order valence-electron chi connectivity index (χ4n) is 2.97. The number of fused-ring (bicyclic) bond motifs is 1. The van der Waals surface area contributed by atoms with E-state index in [1.165, 1.54) is 34.5 Å². The Morgan fingerprint density at radius 3 is 2.61 bits per heavy atom. The first-order valence-electron chi connectivity index (χ1n) is 9.24. The molecule has 0 fully saturated rings. The van der Waals surface area contributed by atoms with Crippen molar-refractivity contribution in [1.29, 1.82) is 0 Å². The van der Waals surface area contributed by atoms with E-state index in [9.17, 15) is 22.8 Å². The first kappa shape index (κ1) is 22.5. The maximum atomic E-state index is 12.8. The van der Waals surface area contributed by atoms with Crippen LogP contribution in [0.1, 0.15) is 40.5 Å². The van der Waals surface area contributed by atoms with Crippen molar-refractivity contribution in [2.45, 2.75) is 26.4 Å². The van der Waals surface area contributed by atoms with Crippen molar-refractivity contribution in [1.82, 2.24) is 14.5 Å². The Kier molecular flexibility index (Phi) is 6.48. The van der Waals surface area contributed by atoms with Crippen molar-refractivity contribution < 1.29 is 32.2 Å². The van der Waals surface area contributed by atoms with Gasteiger partial charge in [0.25, 0.3) is 5.91 Å². The van der Waals surface area contributed by atoms with E-state index in [0.29, 0.717) is 12.1 Å². The topological polar surface area (TPSA) is 95.3 Å². The van der Waals surface area contributed by atoms with Gasteiger partial charge in [-0.25, -0.2) is 14.8 Å². The molecular formula is C19H19F3N4O4S. The summed E-state index contributed by atoms with van der Waals surface area (Å²) in [5.41, 5.74) is 2.49. The van der Waals surface area contributed by atoms with Crippen LogP contribution in [-0.2, 0) is 18.2 Å². The van der Waals surface area contributed by atoms with Gasteiger partial charge in [0.15, 0.2) is 18.1 Å². The van der Waals surface area contributed by atoms with Gasteiger partial charge in [0.2, 0.25) is 0 Å². The largest absolute Gasteiger partial charge is 0.481 e. The van der Waals surface area contributed by atoms with Gasteiger partial charge >= 0.3 is 12.1 Å². The van der Waals surface area contributed by atoms with Crippen LogP contribution in [0.15, 0.2) is 17.0 Å². The highest BCUT2D eigenvalue weighted by atomic mass is 32.1. The van der Waals surface area contributed by atoms with Crippen molar-refractivity contribution in [2.75, 3.05) is 18.5 Å². The molecule has 0 radical (unpaired) electrons. The average molecular weight is 456 g/mol. The van der Waals surface area contributed by atoms with E-state index in [-0.39, 0.29) is 40.5 Å². The average Bonchev–Trinajstić information content (AvgIpc) is 3.32. The van der Waals surface area contributed by atoms with Crippen LogP contribution in [0.25, 0.3) is 11.0 Å². The minimum atomic E-state index is -4.62. The second kappa shape index (κ2) is 8.92. The molecule has 0 atom stereocenters. The van der Waals surface area contributed by atoms with Crippen LogP contribution in [0.2, 0.25) is 0 Å². The summed E-state index contributed by atoms with van der Waals surface area (Å²) >= 11 is 1.25. The summed E-state index contributed by atoms with van der Waals surface area (Å²) < 4.78 is 49.8. The minimum absolute atomic E-state index is 0.0294. The van der Waals surface area contributed by atoms with Crippen LogP contribution in [0.5, 0.6) is 5.75 Å². The number of nitrogens with zero attached hydrogens (tertiary/aromatic N) is 3. The van der Waals surface area contributed by atoms with Crippen LogP contribution in [0, 0.1) is 0 Å². The lowest BCUT2D eigenvalue weighted by molar-refractivity contribution is -0.153. The highest BCUT2D eigenvalue weighted by Crippen LogP contribution is 2.36. The summed E-state index contributed by atoms with van der Waals surface area (Å²) in [6.45, 7) is 1.81. The maximum absolute atomic E-state index is 12.8. The van der Waals surface area contributed by atoms with E-state index in [0.717, 1.165) is 0 Å². The van der Waals surface area contributed by atoms with E-state index in [4.69, 9.17) is 9.47 Å². The summed E-state index contributed by atoms with van der Waals surface area (Å²) in [4.78, 5) is 33.3. The molecule has 0 aromatic carbocycles. The zero-order valence-corrected chi connectivity index (χ0v) is 17.7. The molecule has 0 bridgehead atoms. The molecule has 8 nitrogen and oxygen atoms in total. The molecule has 0 saturated carbocycles. The minimum Gasteiger partial charge on any atom is -0.481 e.